The maximum atomic E-state index is 11.7. The minimum absolute atomic E-state index is 0.128. The van der Waals surface area contributed by atoms with Crippen LogP contribution in [-0.2, 0) is 4.74 Å². The number of aromatic amines is 2. The number of hydrogen-bond acceptors (Lipinski definition) is 6. The van der Waals surface area contributed by atoms with E-state index in [0.29, 0.717) is 11.3 Å². The molecule has 8 nitrogen and oxygen atoms in total. The Bertz CT molecular complexity index is 846. The number of H-pyrrole nitrogens is 2. The first kappa shape index (κ1) is 15.2. The number of aromatic hydroxyl groups is 1. The van der Waals surface area contributed by atoms with Gasteiger partial charge in [0.25, 0.3) is 5.56 Å². The smallest absolute Gasteiger partial charge is 0.337 e. The Morgan fingerprint density at radius 1 is 1.18 bits per heavy atom. The van der Waals surface area contributed by atoms with Crippen molar-refractivity contribution in [2.75, 3.05) is 7.11 Å². The van der Waals surface area contributed by atoms with Crippen molar-refractivity contribution in [1.82, 2.24) is 9.97 Å². The number of ether oxygens (including phenoxy) is 1. The molecule has 0 aliphatic heterocycles. The van der Waals surface area contributed by atoms with Crippen molar-refractivity contribution in [3.05, 3.63) is 56.2 Å². The lowest BCUT2D eigenvalue weighted by Gasteiger charge is -2.03. The van der Waals surface area contributed by atoms with Crippen LogP contribution in [0, 0.1) is 0 Å². The van der Waals surface area contributed by atoms with Crippen LogP contribution >= 0.6 is 0 Å². The molecule has 0 radical (unpaired) electrons. The molecule has 1 aromatic heterocycles. The van der Waals surface area contributed by atoms with Gasteiger partial charge in [0.15, 0.2) is 0 Å². The number of hydrogen-bond donors (Lipinski definition) is 3. The van der Waals surface area contributed by atoms with Gasteiger partial charge < -0.3 is 9.84 Å². The highest BCUT2D eigenvalue weighted by Crippen LogP contribution is 2.16. The topological polar surface area (TPSA) is 125 Å². The first-order valence-electron chi connectivity index (χ1n) is 6.22. The van der Waals surface area contributed by atoms with Crippen LogP contribution in [0.1, 0.15) is 22.8 Å². The monoisotopic (exact) mass is 303 g/mol. The van der Waals surface area contributed by atoms with Crippen molar-refractivity contribution in [2.45, 2.75) is 6.92 Å². The Hall–Kier alpha value is -3.16. The Balaban J connectivity index is 2.39. The van der Waals surface area contributed by atoms with E-state index in [1.54, 1.807) is 12.1 Å². The van der Waals surface area contributed by atoms with Gasteiger partial charge in [-0.15, -0.1) is 0 Å². The predicted molar refractivity (Wildman–Crippen MR) is 79.0 cm³/mol. The predicted octanol–water partition coefficient (Wildman–Crippen LogP) is 0.696. The second-order valence-corrected chi connectivity index (χ2v) is 4.37. The van der Waals surface area contributed by atoms with Gasteiger partial charge in [0, 0.05) is 0 Å². The molecule has 114 valence electrons. The van der Waals surface area contributed by atoms with Crippen LogP contribution in [0.3, 0.4) is 0 Å². The summed E-state index contributed by atoms with van der Waals surface area (Å²) in [4.78, 5) is 42.3. The Kier molecular flexibility index (Phi) is 4.21. The number of esters is 1. The molecule has 22 heavy (non-hydrogen) atoms. The van der Waals surface area contributed by atoms with Crippen molar-refractivity contribution in [3.63, 3.8) is 0 Å². The van der Waals surface area contributed by atoms with E-state index in [4.69, 9.17) is 0 Å². The summed E-state index contributed by atoms with van der Waals surface area (Å²) in [6.07, 6.45) is 0. The van der Waals surface area contributed by atoms with Gasteiger partial charge in [-0.1, -0.05) is 0 Å². The summed E-state index contributed by atoms with van der Waals surface area (Å²) in [6, 6.07) is 6.17. The standard InChI is InChI=1S/C14H13N3O5/c1-7(10-11(18)16-14(21)17-12(10)19)15-9-5-3-8(4-6-9)13(20)22-2/h3-6H,1-2H3,(H3,16,17,18,19,21). The quantitative estimate of drug-likeness (QED) is 0.568. The maximum absolute atomic E-state index is 11.7. The van der Waals surface area contributed by atoms with Crippen LogP contribution in [0.4, 0.5) is 5.69 Å². The van der Waals surface area contributed by atoms with Crippen molar-refractivity contribution < 1.29 is 14.6 Å². The summed E-state index contributed by atoms with van der Waals surface area (Å²) in [7, 11) is 1.28. The van der Waals surface area contributed by atoms with Crippen molar-refractivity contribution in [3.8, 4) is 5.88 Å². The van der Waals surface area contributed by atoms with Gasteiger partial charge in [-0.2, -0.15) is 0 Å². The second-order valence-electron chi connectivity index (χ2n) is 4.37. The maximum Gasteiger partial charge on any atom is 0.337 e. The molecule has 3 N–H and O–H groups in total. The van der Waals surface area contributed by atoms with E-state index in [1.165, 1.54) is 26.2 Å². The normalized spacial score (nSPS) is 11.3. The van der Waals surface area contributed by atoms with Crippen molar-refractivity contribution in [2.24, 2.45) is 4.99 Å². The minimum Gasteiger partial charge on any atom is -0.494 e. The molecule has 8 heteroatoms. The van der Waals surface area contributed by atoms with E-state index in [-0.39, 0.29) is 11.3 Å². The number of carbonyl (C=O) groups excluding carboxylic acids is 1. The molecule has 0 unspecified atom stereocenters. The second kappa shape index (κ2) is 6.08. The molecule has 0 saturated heterocycles. The fourth-order valence-corrected chi connectivity index (χ4v) is 1.85. The van der Waals surface area contributed by atoms with Gasteiger partial charge >= 0.3 is 11.7 Å². The van der Waals surface area contributed by atoms with Crippen molar-refractivity contribution >= 4 is 17.4 Å². The first-order chi connectivity index (χ1) is 10.4. The van der Waals surface area contributed by atoms with E-state index >= 15 is 0 Å². The third-order valence-corrected chi connectivity index (χ3v) is 2.87. The molecule has 0 atom stereocenters. The molecule has 0 aliphatic carbocycles. The average molecular weight is 303 g/mol. The molecule has 0 fully saturated rings. The third-order valence-electron chi connectivity index (χ3n) is 2.87. The zero-order valence-corrected chi connectivity index (χ0v) is 11.8. The lowest BCUT2D eigenvalue weighted by Crippen LogP contribution is -2.27. The fraction of sp³-hybridized carbons (Fsp3) is 0.143. The molecule has 0 spiro atoms. The SMILES string of the molecule is COC(=O)c1ccc(N=C(C)c2c(O)[nH]c(=O)[nH]c2=O)cc1. The largest absolute Gasteiger partial charge is 0.494 e. The van der Waals surface area contributed by atoms with Gasteiger partial charge in [0.05, 0.1) is 24.1 Å². The summed E-state index contributed by atoms with van der Waals surface area (Å²) in [5.41, 5.74) is -0.633. The van der Waals surface area contributed by atoms with Crippen LogP contribution in [0.2, 0.25) is 0 Å². The van der Waals surface area contributed by atoms with E-state index in [1.807, 2.05) is 4.98 Å². The lowest BCUT2D eigenvalue weighted by atomic mass is 10.2. The third kappa shape index (κ3) is 3.11. The van der Waals surface area contributed by atoms with Gasteiger partial charge in [0.2, 0.25) is 5.88 Å². The number of nitrogens with one attached hydrogen (secondary N) is 2. The molecule has 2 rings (SSSR count). The van der Waals surface area contributed by atoms with Gasteiger partial charge in [-0.25, -0.2) is 9.59 Å². The number of nitrogens with zero attached hydrogens (tertiary/aromatic N) is 1. The highest BCUT2D eigenvalue weighted by atomic mass is 16.5. The van der Waals surface area contributed by atoms with Crippen molar-refractivity contribution in [1.29, 1.82) is 0 Å². The summed E-state index contributed by atoms with van der Waals surface area (Å²) >= 11 is 0. The lowest BCUT2D eigenvalue weighted by molar-refractivity contribution is 0.0601. The Morgan fingerprint density at radius 2 is 1.82 bits per heavy atom. The molecule has 0 bridgehead atoms. The number of aromatic nitrogens is 2. The molecule has 1 heterocycles. The summed E-state index contributed by atoms with van der Waals surface area (Å²) in [6.45, 7) is 1.51. The van der Waals surface area contributed by atoms with Gasteiger partial charge in [-0.05, 0) is 31.2 Å². The number of carbonyl (C=O) groups is 1. The highest BCUT2D eigenvalue weighted by molar-refractivity contribution is 6.01. The van der Waals surface area contributed by atoms with Crippen LogP contribution in [-0.4, -0.2) is 33.9 Å². The first-order valence-corrected chi connectivity index (χ1v) is 6.22. The van der Waals surface area contributed by atoms with Crippen LogP contribution < -0.4 is 11.2 Å². The molecule has 1 aromatic carbocycles. The summed E-state index contributed by atoms with van der Waals surface area (Å²) in [5.74, 6) is -1.02. The van der Waals surface area contributed by atoms with Gasteiger partial charge in [-0.3, -0.25) is 19.8 Å². The van der Waals surface area contributed by atoms with Crippen LogP contribution in [0.5, 0.6) is 5.88 Å². The molecular weight excluding hydrogens is 290 g/mol. The number of aliphatic imine (C=N–C) groups is 1. The summed E-state index contributed by atoms with van der Waals surface area (Å²) in [5, 5.41) is 9.65. The molecule has 0 amide bonds. The fourth-order valence-electron chi connectivity index (χ4n) is 1.85. The Morgan fingerprint density at radius 3 is 2.36 bits per heavy atom. The zero-order valence-electron chi connectivity index (χ0n) is 11.8. The highest BCUT2D eigenvalue weighted by Gasteiger charge is 2.12. The minimum atomic E-state index is -0.804. The van der Waals surface area contributed by atoms with E-state index < -0.39 is 23.1 Å². The number of rotatable bonds is 3. The number of methoxy groups -OCH3 is 1. The van der Waals surface area contributed by atoms with E-state index in [2.05, 4.69) is 14.7 Å². The zero-order chi connectivity index (χ0) is 16.3. The summed E-state index contributed by atoms with van der Waals surface area (Å²) < 4.78 is 4.58. The van der Waals surface area contributed by atoms with Crippen LogP contribution in [0.15, 0.2) is 38.8 Å². The molecule has 0 aliphatic rings. The Labute approximate surface area is 124 Å². The molecular formula is C14H13N3O5. The molecule has 2 aromatic rings. The number of benzene rings is 1. The molecule has 0 saturated carbocycles. The van der Waals surface area contributed by atoms with Gasteiger partial charge in [0.1, 0.15) is 5.56 Å². The average Bonchev–Trinajstić information content (AvgIpc) is 2.46. The van der Waals surface area contributed by atoms with Crippen LogP contribution in [0.25, 0.3) is 0 Å². The van der Waals surface area contributed by atoms with E-state index in [0.717, 1.165) is 0 Å². The van der Waals surface area contributed by atoms with E-state index in [9.17, 15) is 19.5 Å².